The molecule has 3 heterocycles. The molecule has 40 heavy (non-hydrogen) atoms. The van der Waals surface area contributed by atoms with E-state index in [1.807, 2.05) is 36.4 Å². The molecule has 0 aliphatic carbocycles. The first-order chi connectivity index (χ1) is 19.3. The number of aromatic carboxylic acids is 1. The number of urea groups is 1. The molecule has 13 heteroatoms. The van der Waals surface area contributed by atoms with E-state index in [0.717, 1.165) is 16.9 Å². The number of carboxylic acid groups (broad SMARTS) is 1. The molecule has 1 saturated heterocycles. The molecule has 2 aromatic carbocycles. The monoisotopic (exact) mass is 560 g/mol. The van der Waals surface area contributed by atoms with Crippen LogP contribution >= 0.6 is 11.3 Å². The quantitative estimate of drug-likeness (QED) is 0.263. The van der Waals surface area contributed by atoms with E-state index in [2.05, 4.69) is 15.6 Å². The lowest BCUT2D eigenvalue weighted by atomic mass is 10.00. The van der Waals surface area contributed by atoms with Crippen LogP contribution in [0.2, 0.25) is 0 Å². The topological polar surface area (TPSA) is 168 Å². The van der Waals surface area contributed by atoms with Crippen LogP contribution in [0.3, 0.4) is 0 Å². The van der Waals surface area contributed by atoms with E-state index in [-0.39, 0.29) is 48.6 Å². The standard InChI is InChI=1S/C27H21N5O7S/c28-12-18-8-6-17(7-9-18)10-20(23(34)31-26-30-19(14-40-26)25(35)36)32(22(33)13-29-27(32)37)24-21(38-15-39-24)11-16-4-2-1-3-5-16/h1-9,14,20H,10-11,13,15H2,(H2-,29,30,31,34,35,36,37)/p+1. The summed E-state index contributed by atoms with van der Waals surface area (Å²) >= 11 is 0.892. The fourth-order valence-electron chi connectivity index (χ4n) is 4.64. The first-order valence-corrected chi connectivity index (χ1v) is 12.9. The highest BCUT2D eigenvalue weighted by Crippen LogP contribution is 2.37. The Labute approximate surface area is 231 Å². The zero-order valence-electron chi connectivity index (χ0n) is 20.8. The number of nitrogens with one attached hydrogen (secondary N) is 2. The van der Waals surface area contributed by atoms with Crippen molar-refractivity contribution in [2.75, 3.05) is 18.7 Å². The highest BCUT2D eigenvalue weighted by Gasteiger charge is 2.64. The van der Waals surface area contributed by atoms with Crippen LogP contribution in [0.15, 0.2) is 71.6 Å². The maximum Gasteiger partial charge on any atom is 0.433 e. The van der Waals surface area contributed by atoms with Crippen molar-refractivity contribution in [2.45, 2.75) is 18.9 Å². The first-order valence-electron chi connectivity index (χ1n) is 12.1. The summed E-state index contributed by atoms with van der Waals surface area (Å²) in [4.78, 5) is 56.4. The van der Waals surface area contributed by atoms with Crippen molar-refractivity contribution < 1.29 is 38.2 Å². The van der Waals surface area contributed by atoms with Gasteiger partial charge in [0, 0.05) is 18.2 Å². The molecular formula is C27H22N5O7S+. The molecule has 3 N–H and O–H groups in total. The first kappa shape index (κ1) is 26.5. The number of anilines is 1. The lowest BCUT2D eigenvalue weighted by Crippen LogP contribution is -2.64. The molecule has 0 spiro atoms. The van der Waals surface area contributed by atoms with Gasteiger partial charge in [0.15, 0.2) is 16.9 Å². The summed E-state index contributed by atoms with van der Waals surface area (Å²) in [5.74, 6) is -2.52. The number of carbonyl (C=O) groups is 4. The predicted octanol–water partition coefficient (Wildman–Crippen LogP) is 2.75. The van der Waals surface area contributed by atoms with E-state index in [9.17, 15) is 29.5 Å². The molecule has 3 aromatic rings. The maximum absolute atomic E-state index is 13.9. The van der Waals surface area contributed by atoms with Gasteiger partial charge in [0.25, 0.3) is 5.91 Å². The van der Waals surface area contributed by atoms with Crippen LogP contribution < -0.4 is 10.6 Å². The average molecular weight is 561 g/mol. The van der Waals surface area contributed by atoms with Crippen molar-refractivity contribution in [3.63, 3.8) is 0 Å². The molecule has 1 fully saturated rings. The Morgan fingerprint density at radius 2 is 1.88 bits per heavy atom. The molecule has 4 amide bonds. The summed E-state index contributed by atoms with van der Waals surface area (Å²) in [6, 6.07) is 15.5. The maximum atomic E-state index is 13.9. The molecule has 2 atom stereocenters. The molecule has 0 saturated carbocycles. The number of imide groups is 1. The van der Waals surface area contributed by atoms with Crippen molar-refractivity contribution >= 4 is 40.3 Å². The molecular weight excluding hydrogens is 538 g/mol. The number of rotatable bonds is 9. The van der Waals surface area contributed by atoms with Gasteiger partial charge in [0.2, 0.25) is 12.6 Å². The molecule has 2 aliphatic rings. The minimum Gasteiger partial charge on any atom is -0.476 e. The number of hydrogen-bond acceptors (Lipinski definition) is 9. The van der Waals surface area contributed by atoms with Crippen LogP contribution in [-0.4, -0.2) is 57.8 Å². The highest BCUT2D eigenvalue weighted by atomic mass is 32.1. The fourth-order valence-corrected chi connectivity index (χ4v) is 5.33. The summed E-state index contributed by atoms with van der Waals surface area (Å²) in [5.41, 5.74) is 1.54. The number of amides is 4. The third-order valence-electron chi connectivity index (χ3n) is 6.54. The number of aromatic nitrogens is 1. The van der Waals surface area contributed by atoms with E-state index >= 15 is 0 Å². The summed E-state index contributed by atoms with van der Waals surface area (Å²) < 4.78 is 10.4. The van der Waals surface area contributed by atoms with Gasteiger partial charge in [-0.1, -0.05) is 46.9 Å². The van der Waals surface area contributed by atoms with Gasteiger partial charge in [-0.25, -0.2) is 19.4 Å². The Bertz CT molecular complexity index is 1540. The Kier molecular flexibility index (Phi) is 7.28. The molecule has 5 rings (SSSR count). The van der Waals surface area contributed by atoms with Crippen molar-refractivity contribution in [1.29, 1.82) is 5.26 Å². The summed E-state index contributed by atoms with van der Waals surface area (Å²) in [7, 11) is 0. The van der Waals surface area contributed by atoms with Crippen LogP contribution in [0.5, 0.6) is 0 Å². The molecule has 0 radical (unpaired) electrons. The summed E-state index contributed by atoms with van der Waals surface area (Å²) in [5, 5.41) is 24.8. The van der Waals surface area contributed by atoms with Crippen LogP contribution in [0, 0.1) is 11.3 Å². The van der Waals surface area contributed by atoms with E-state index in [1.165, 1.54) is 5.38 Å². The number of allylic oxidation sites excluding steroid dienone is 1. The number of carboxylic acids is 1. The van der Waals surface area contributed by atoms with E-state index in [1.54, 1.807) is 24.3 Å². The summed E-state index contributed by atoms with van der Waals surface area (Å²) in [6.45, 7) is -0.598. The zero-order chi connectivity index (χ0) is 28.3. The Morgan fingerprint density at radius 1 is 1.12 bits per heavy atom. The number of hydrogen-bond donors (Lipinski definition) is 3. The number of ether oxygens (including phenoxy) is 2. The molecule has 2 aliphatic heterocycles. The SMILES string of the molecule is N#Cc1ccc(CC(C(=O)Nc2nc(C(=O)O)cs2)[N+]2(C3=C(Cc4ccccc4)OCO3)C(=O)CNC2=O)cc1. The largest absolute Gasteiger partial charge is 0.476 e. The normalized spacial score (nSPS) is 18.9. The van der Waals surface area contributed by atoms with Gasteiger partial charge >= 0.3 is 23.8 Å². The second-order valence-electron chi connectivity index (χ2n) is 8.93. The second-order valence-corrected chi connectivity index (χ2v) is 9.79. The number of carbonyl (C=O) groups excluding carboxylic acids is 3. The molecule has 12 nitrogen and oxygen atoms in total. The van der Waals surface area contributed by atoms with Crippen LogP contribution in [0.25, 0.3) is 0 Å². The number of benzene rings is 2. The number of nitriles is 1. The average Bonchev–Trinajstić information content (AvgIpc) is 3.69. The molecule has 202 valence electrons. The zero-order valence-corrected chi connectivity index (χ0v) is 21.6. The lowest BCUT2D eigenvalue weighted by Gasteiger charge is -2.33. The summed E-state index contributed by atoms with van der Waals surface area (Å²) in [6.07, 6.45) is 0.0930. The van der Waals surface area contributed by atoms with Crippen molar-refractivity contribution in [2.24, 2.45) is 0 Å². The van der Waals surface area contributed by atoms with Gasteiger partial charge in [-0.15, -0.1) is 11.3 Å². The Balaban J connectivity index is 1.61. The van der Waals surface area contributed by atoms with Crippen LogP contribution in [-0.2, 0) is 31.9 Å². The smallest absolute Gasteiger partial charge is 0.433 e. The molecule has 2 unspecified atom stereocenters. The van der Waals surface area contributed by atoms with Crippen LogP contribution in [0.4, 0.5) is 9.93 Å². The number of quaternary nitrogens is 1. The van der Waals surface area contributed by atoms with Gasteiger partial charge in [-0.2, -0.15) is 5.26 Å². The minimum absolute atomic E-state index is 0.0143. The van der Waals surface area contributed by atoms with Gasteiger partial charge < -0.3 is 14.6 Å². The van der Waals surface area contributed by atoms with Crippen molar-refractivity contribution in [1.82, 2.24) is 10.3 Å². The predicted molar refractivity (Wildman–Crippen MR) is 139 cm³/mol. The highest BCUT2D eigenvalue weighted by molar-refractivity contribution is 7.14. The van der Waals surface area contributed by atoms with Gasteiger partial charge in [-0.3, -0.25) is 15.4 Å². The van der Waals surface area contributed by atoms with Gasteiger partial charge in [0.05, 0.1) is 11.6 Å². The minimum atomic E-state index is -1.40. The van der Waals surface area contributed by atoms with Gasteiger partial charge in [-0.05, 0) is 23.3 Å². The molecule has 0 bridgehead atoms. The van der Waals surface area contributed by atoms with Gasteiger partial charge in [0.1, 0.15) is 6.54 Å². The Hall–Kier alpha value is -5.06. The Morgan fingerprint density at radius 3 is 2.50 bits per heavy atom. The van der Waals surface area contributed by atoms with E-state index in [0.29, 0.717) is 11.1 Å². The van der Waals surface area contributed by atoms with Crippen molar-refractivity contribution in [3.8, 4) is 6.07 Å². The third kappa shape index (κ3) is 4.89. The van der Waals surface area contributed by atoms with E-state index in [4.69, 9.17) is 9.47 Å². The lowest BCUT2D eigenvalue weighted by molar-refractivity contribution is -0.763. The van der Waals surface area contributed by atoms with E-state index < -0.39 is 34.3 Å². The molecule has 1 aromatic heterocycles. The number of nitrogens with zero attached hydrogens (tertiary/aromatic N) is 3. The number of thiazole rings is 1. The van der Waals surface area contributed by atoms with Crippen molar-refractivity contribution in [3.05, 3.63) is 94.0 Å². The van der Waals surface area contributed by atoms with Crippen LogP contribution in [0.1, 0.15) is 27.2 Å². The fraction of sp³-hybridized carbons (Fsp3) is 0.185. The third-order valence-corrected chi connectivity index (χ3v) is 7.29. The second kappa shape index (κ2) is 11.0.